The van der Waals surface area contributed by atoms with Crippen LogP contribution in [-0.2, 0) is 0 Å². The largest absolute Gasteiger partial charge is 0.451 e. The van der Waals surface area contributed by atoms with Crippen LogP contribution in [0.1, 0.15) is 24.4 Å². The molecule has 84 valence electrons. The van der Waals surface area contributed by atoms with Gasteiger partial charge in [-0.05, 0) is 26.0 Å². The number of para-hydroxylation sites is 1. The molecule has 16 heavy (non-hydrogen) atoms. The first kappa shape index (κ1) is 11.2. The number of hydrogen-bond acceptors (Lipinski definition) is 3. The molecular formula is C12H12ClNO2. The minimum atomic E-state index is -0.944. The SMILES string of the molecule is CC(C)(N)C(=O)c1cc2cccc(Cl)c2o1. The van der Waals surface area contributed by atoms with Crippen LogP contribution in [0.4, 0.5) is 0 Å². The van der Waals surface area contributed by atoms with Crippen molar-refractivity contribution < 1.29 is 9.21 Å². The predicted molar refractivity (Wildman–Crippen MR) is 63.8 cm³/mol. The van der Waals surface area contributed by atoms with Gasteiger partial charge in [0.05, 0.1) is 10.6 Å². The van der Waals surface area contributed by atoms with E-state index in [1.54, 1.807) is 26.0 Å². The van der Waals surface area contributed by atoms with E-state index in [0.717, 1.165) is 5.39 Å². The van der Waals surface area contributed by atoms with Gasteiger partial charge in [0.1, 0.15) is 0 Å². The smallest absolute Gasteiger partial charge is 0.217 e. The Balaban J connectivity index is 2.56. The van der Waals surface area contributed by atoms with Gasteiger partial charge < -0.3 is 10.2 Å². The van der Waals surface area contributed by atoms with Crippen molar-refractivity contribution in [3.63, 3.8) is 0 Å². The minimum Gasteiger partial charge on any atom is -0.451 e. The van der Waals surface area contributed by atoms with E-state index in [2.05, 4.69) is 0 Å². The fraction of sp³-hybridized carbons (Fsp3) is 0.250. The average Bonchev–Trinajstić information content (AvgIpc) is 2.60. The number of benzene rings is 1. The summed E-state index contributed by atoms with van der Waals surface area (Å²) in [5, 5.41) is 1.30. The lowest BCUT2D eigenvalue weighted by Gasteiger charge is -2.14. The first-order valence-electron chi connectivity index (χ1n) is 4.91. The Morgan fingerprint density at radius 1 is 1.44 bits per heavy atom. The Morgan fingerprint density at radius 2 is 2.12 bits per heavy atom. The van der Waals surface area contributed by atoms with E-state index in [0.29, 0.717) is 10.6 Å². The van der Waals surface area contributed by atoms with Crippen LogP contribution in [-0.4, -0.2) is 11.3 Å². The Kier molecular flexibility index (Phi) is 2.52. The number of nitrogens with two attached hydrogens (primary N) is 1. The van der Waals surface area contributed by atoms with E-state index in [1.165, 1.54) is 0 Å². The number of carbonyl (C=O) groups is 1. The van der Waals surface area contributed by atoms with Gasteiger partial charge in [-0.1, -0.05) is 23.7 Å². The van der Waals surface area contributed by atoms with Crippen LogP contribution in [0.5, 0.6) is 0 Å². The summed E-state index contributed by atoms with van der Waals surface area (Å²) in [6.07, 6.45) is 0. The second kappa shape index (κ2) is 3.61. The van der Waals surface area contributed by atoms with Crippen molar-refractivity contribution in [1.82, 2.24) is 0 Å². The van der Waals surface area contributed by atoms with Gasteiger partial charge in [0.25, 0.3) is 0 Å². The quantitative estimate of drug-likeness (QED) is 0.817. The summed E-state index contributed by atoms with van der Waals surface area (Å²) in [6.45, 7) is 3.29. The molecule has 0 aliphatic heterocycles. The molecule has 0 atom stereocenters. The van der Waals surface area contributed by atoms with E-state index < -0.39 is 5.54 Å². The predicted octanol–water partition coefficient (Wildman–Crippen LogP) is 3.01. The molecule has 4 heteroatoms. The fourth-order valence-corrected chi connectivity index (χ4v) is 1.68. The number of furan rings is 1. The van der Waals surface area contributed by atoms with Gasteiger partial charge >= 0.3 is 0 Å². The van der Waals surface area contributed by atoms with Crippen LogP contribution in [0.15, 0.2) is 28.7 Å². The third kappa shape index (κ3) is 1.84. The third-order valence-electron chi connectivity index (χ3n) is 2.31. The molecule has 1 aromatic heterocycles. The molecule has 0 spiro atoms. The summed E-state index contributed by atoms with van der Waals surface area (Å²) in [4.78, 5) is 11.9. The lowest BCUT2D eigenvalue weighted by Crippen LogP contribution is -2.41. The first-order chi connectivity index (χ1) is 7.39. The lowest BCUT2D eigenvalue weighted by atomic mass is 9.99. The van der Waals surface area contributed by atoms with E-state index in [4.69, 9.17) is 21.8 Å². The van der Waals surface area contributed by atoms with Gasteiger partial charge in [-0.25, -0.2) is 0 Å². The summed E-state index contributed by atoms with van der Waals surface area (Å²) in [5.41, 5.74) is 5.31. The van der Waals surface area contributed by atoms with E-state index in [9.17, 15) is 4.79 Å². The number of halogens is 1. The highest BCUT2D eigenvalue weighted by molar-refractivity contribution is 6.34. The zero-order valence-corrected chi connectivity index (χ0v) is 9.84. The molecular weight excluding hydrogens is 226 g/mol. The molecule has 0 bridgehead atoms. The van der Waals surface area contributed by atoms with Crippen molar-refractivity contribution >= 4 is 28.4 Å². The molecule has 2 N–H and O–H groups in total. The topological polar surface area (TPSA) is 56.2 Å². The van der Waals surface area contributed by atoms with Gasteiger partial charge in [-0.2, -0.15) is 0 Å². The summed E-state index contributed by atoms with van der Waals surface area (Å²) >= 11 is 5.95. The van der Waals surface area contributed by atoms with Crippen molar-refractivity contribution in [2.45, 2.75) is 19.4 Å². The lowest BCUT2D eigenvalue weighted by molar-refractivity contribution is 0.0887. The van der Waals surface area contributed by atoms with E-state index in [-0.39, 0.29) is 11.5 Å². The number of hydrogen-bond donors (Lipinski definition) is 1. The zero-order chi connectivity index (χ0) is 11.9. The molecule has 0 saturated heterocycles. The van der Waals surface area contributed by atoms with Gasteiger partial charge in [-0.3, -0.25) is 4.79 Å². The molecule has 0 fully saturated rings. The van der Waals surface area contributed by atoms with Gasteiger partial charge in [0.2, 0.25) is 5.78 Å². The van der Waals surface area contributed by atoms with Crippen LogP contribution < -0.4 is 5.73 Å². The minimum absolute atomic E-state index is 0.236. The number of ketones is 1. The highest BCUT2D eigenvalue weighted by Crippen LogP contribution is 2.27. The number of fused-ring (bicyclic) bond motifs is 1. The Morgan fingerprint density at radius 3 is 2.69 bits per heavy atom. The number of Topliss-reactive ketones (excluding diaryl/α,β-unsaturated/α-hetero) is 1. The van der Waals surface area contributed by atoms with Gasteiger partial charge in [0.15, 0.2) is 11.3 Å². The molecule has 0 aliphatic rings. The average molecular weight is 238 g/mol. The first-order valence-corrected chi connectivity index (χ1v) is 5.29. The maximum atomic E-state index is 11.9. The maximum absolute atomic E-state index is 11.9. The van der Waals surface area contributed by atoms with Crippen molar-refractivity contribution in [2.75, 3.05) is 0 Å². The summed E-state index contributed by atoms with van der Waals surface area (Å²) < 4.78 is 5.43. The van der Waals surface area contributed by atoms with Crippen LogP contribution >= 0.6 is 11.6 Å². The fourth-order valence-electron chi connectivity index (χ4n) is 1.46. The zero-order valence-electron chi connectivity index (χ0n) is 9.08. The van der Waals surface area contributed by atoms with Crippen LogP contribution in [0, 0.1) is 0 Å². The molecule has 3 nitrogen and oxygen atoms in total. The highest BCUT2D eigenvalue weighted by Gasteiger charge is 2.26. The Hall–Kier alpha value is -1.32. The van der Waals surface area contributed by atoms with E-state index in [1.807, 2.05) is 12.1 Å². The van der Waals surface area contributed by atoms with Crippen molar-refractivity contribution in [1.29, 1.82) is 0 Å². The number of rotatable bonds is 2. The molecule has 1 heterocycles. The summed E-state index contributed by atoms with van der Waals surface area (Å²) in [7, 11) is 0. The Bertz CT molecular complexity index is 552. The summed E-state index contributed by atoms with van der Waals surface area (Å²) in [5.74, 6) is 0.00960. The second-order valence-corrected chi connectivity index (χ2v) is 4.73. The van der Waals surface area contributed by atoms with Crippen molar-refractivity contribution in [3.05, 3.63) is 35.0 Å². The monoisotopic (exact) mass is 237 g/mol. The maximum Gasteiger partial charge on any atom is 0.217 e. The molecule has 0 radical (unpaired) electrons. The second-order valence-electron chi connectivity index (χ2n) is 4.32. The summed E-state index contributed by atoms with van der Waals surface area (Å²) in [6, 6.07) is 7.03. The molecule has 0 unspecified atom stereocenters. The van der Waals surface area contributed by atoms with Crippen LogP contribution in [0.25, 0.3) is 11.0 Å². The third-order valence-corrected chi connectivity index (χ3v) is 2.60. The van der Waals surface area contributed by atoms with Crippen LogP contribution in [0.2, 0.25) is 5.02 Å². The molecule has 0 amide bonds. The molecule has 1 aromatic carbocycles. The highest BCUT2D eigenvalue weighted by atomic mass is 35.5. The van der Waals surface area contributed by atoms with Crippen LogP contribution in [0.3, 0.4) is 0 Å². The normalized spacial score (nSPS) is 12.0. The number of carbonyl (C=O) groups excluding carboxylic acids is 1. The molecule has 0 saturated carbocycles. The van der Waals surface area contributed by atoms with Crippen molar-refractivity contribution in [3.8, 4) is 0 Å². The molecule has 0 aliphatic carbocycles. The molecule has 2 aromatic rings. The standard InChI is InChI=1S/C12H12ClNO2/c1-12(2,14)11(15)9-6-7-4-3-5-8(13)10(7)16-9/h3-6H,14H2,1-2H3. The van der Waals surface area contributed by atoms with Gasteiger partial charge in [-0.15, -0.1) is 0 Å². The van der Waals surface area contributed by atoms with E-state index >= 15 is 0 Å². The van der Waals surface area contributed by atoms with Gasteiger partial charge in [0, 0.05) is 5.39 Å². The Labute approximate surface area is 98.2 Å². The van der Waals surface area contributed by atoms with Crippen molar-refractivity contribution in [2.24, 2.45) is 5.73 Å². The molecule has 2 rings (SSSR count).